The lowest BCUT2D eigenvalue weighted by molar-refractivity contribution is 0.0958. The Bertz CT molecular complexity index is 750. The molecule has 0 bridgehead atoms. The molecule has 6 heteroatoms. The Kier molecular flexibility index (Phi) is 6.09. The molecule has 3 rings (SSSR count). The first-order valence-electron chi connectivity index (χ1n) is 8.69. The number of anilines is 1. The SMILES string of the molecule is COc1cccc(-c2ccccc2NC(=O)N2CCOC[C@H](CO)C2)c1. The molecule has 0 spiro atoms. The van der Waals surface area contributed by atoms with E-state index in [0.717, 1.165) is 22.6 Å². The maximum absolute atomic E-state index is 12.7. The number of aliphatic hydroxyl groups is 1. The fourth-order valence-corrected chi connectivity index (χ4v) is 3.00. The minimum atomic E-state index is -0.190. The minimum absolute atomic E-state index is 0.00414. The molecule has 2 aromatic carbocycles. The molecular weight excluding hydrogens is 332 g/mol. The van der Waals surface area contributed by atoms with Gasteiger partial charge in [-0.15, -0.1) is 0 Å². The molecule has 2 aromatic rings. The van der Waals surface area contributed by atoms with Gasteiger partial charge in [0.1, 0.15) is 5.75 Å². The molecule has 0 saturated carbocycles. The third-order valence-electron chi connectivity index (χ3n) is 4.43. The summed E-state index contributed by atoms with van der Waals surface area (Å²) in [6.45, 7) is 1.93. The molecule has 26 heavy (non-hydrogen) atoms. The first-order chi connectivity index (χ1) is 12.7. The number of amides is 2. The molecule has 0 unspecified atom stereocenters. The number of rotatable bonds is 4. The Morgan fingerprint density at radius 1 is 1.31 bits per heavy atom. The van der Waals surface area contributed by atoms with Crippen LogP contribution in [0.25, 0.3) is 11.1 Å². The van der Waals surface area contributed by atoms with E-state index >= 15 is 0 Å². The quantitative estimate of drug-likeness (QED) is 0.884. The zero-order valence-corrected chi connectivity index (χ0v) is 14.9. The van der Waals surface area contributed by atoms with E-state index in [4.69, 9.17) is 9.47 Å². The molecule has 2 N–H and O–H groups in total. The highest BCUT2D eigenvalue weighted by Gasteiger charge is 2.22. The smallest absolute Gasteiger partial charge is 0.321 e. The number of ether oxygens (including phenoxy) is 2. The van der Waals surface area contributed by atoms with Gasteiger partial charge in [0.2, 0.25) is 0 Å². The fraction of sp³-hybridized carbons (Fsp3) is 0.350. The number of para-hydroxylation sites is 1. The van der Waals surface area contributed by atoms with Crippen molar-refractivity contribution in [2.45, 2.75) is 0 Å². The average molecular weight is 356 g/mol. The topological polar surface area (TPSA) is 71.0 Å². The van der Waals surface area contributed by atoms with Crippen LogP contribution in [0.5, 0.6) is 5.75 Å². The summed E-state index contributed by atoms with van der Waals surface area (Å²) in [6.07, 6.45) is 0. The van der Waals surface area contributed by atoms with Gasteiger partial charge in [0.25, 0.3) is 0 Å². The number of carbonyl (C=O) groups is 1. The number of aliphatic hydroxyl groups excluding tert-OH is 1. The van der Waals surface area contributed by atoms with Crippen LogP contribution >= 0.6 is 0 Å². The third-order valence-corrected chi connectivity index (χ3v) is 4.43. The zero-order valence-electron chi connectivity index (χ0n) is 14.9. The second-order valence-electron chi connectivity index (χ2n) is 6.28. The molecule has 0 aromatic heterocycles. The molecule has 1 aliphatic heterocycles. The summed E-state index contributed by atoms with van der Waals surface area (Å²) < 4.78 is 10.7. The summed E-state index contributed by atoms with van der Waals surface area (Å²) in [7, 11) is 1.63. The van der Waals surface area contributed by atoms with Crippen LogP contribution in [-0.4, -0.2) is 56.1 Å². The minimum Gasteiger partial charge on any atom is -0.497 e. The standard InChI is InChI=1S/C20H24N2O4/c1-25-17-6-4-5-16(11-17)18-7-2-3-8-19(18)21-20(24)22-9-10-26-14-15(12-22)13-23/h2-8,11,15,23H,9-10,12-14H2,1H3,(H,21,24)/t15-/m0/s1. The lowest BCUT2D eigenvalue weighted by Crippen LogP contribution is -2.39. The molecule has 1 aliphatic rings. The summed E-state index contributed by atoms with van der Waals surface area (Å²) in [6, 6.07) is 15.2. The predicted molar refractivity (Wildman–Crippen MR) is 100 cm³/mol. The Hall–Kier alpha value is -2.57. The van der Waals surface area contributed by atoms with Crippen LogP contribution in [0.4, 0.5) is 10.5 Å². The molecule has 0 aliphatic carbocycles. The Labute approximate surface area is 153 Å². The van der Waals surface area contributed by atoms with Crippen molar-refractivity contribution in [3.05, 3.63) is 48.5 Å². The van der Waals surface area contributed by atoms with Crippen LogP contribution in [0, 0.1) is 5.92 Å². The van der Waals surface area contributed by atoms with Gasteiger partial charge < -0.3 is 24.8 Å². The second-order valence-corrected chi connectivity index (χ2v) is 6.28. The first kappa shape index (κ1) is 18.2. The molecule has 1 heterocycles. The Balaban J connectivity index is 1.80. The number of hydrogen-bond acceptors (Lipinski definition) is 4. The average Bonchev–Trinajstić information content (AvgIpc) is 2.94. The molecule has 138 valence electrons. The highest BCUT2D eigenvalue weighted by atomic mass is 16.5. The van der Waals surface area contributed by atoms with E-state index < -0.39 is 0 Å². The Morgan fingerprint density at radius 3 is 2.96 bits per heavy atom. The van der Waals surface area contributed by atoms with Crippen molar-refractivity contribution in [3.8, 4) is 16.9 Å². The summed E-state index contributed by atoms with van der Waals surface area (Å²) >= 11 is 0. The lowest BCUT2D eigenvalue weighted by Gasteiger charge is -2.23. The van der Waals surface area contributed by atoms with Crippen LogP contribution in [0.2, 0.25) is 0 Å². The number of benzene rings is 2. The fourth-order valence-electron chi connectivity index (χ4n) is 3.00. The van der Waals surface area contributed by atoms with Crippen molar-refractivity contribution in [2.75, 3.05) is 45.3 Å². The maximum atomic E-state index is 12.7. The maximum Gasteiger partial charge on any atom is 0.321 e. The van der Waals surface area contributed by atoms with Gasteiger partial charge in [-0.05, 0) is 23.8 Å². The zero-order chi connectivity index (χ0) is 18.4. The van der Waals surface area contributed by atoms with Crippen molar-refractivity contribution in [2.24, 2.45) is 5.92 Å². The number of nitrogens with one attached hydrogen (secondary N) is 1. The van der Waals surface area contributed by atoms with Crippen LogP contribution in [0.15, 0.2) is 48.5 Å². The predicted octanol–water partition coefficient (Wildman–Crippen LogP) is 2.83. The Morgan fingerprint density at radius 2 is 2.15 bits per heavy atom. The normalized spacial score (nSPS) is 17.5. The monoisotopic (exact) mass is 356 g/mol. The van der Waals surface area contributed by atoms with Gasteiger partial charge >= 0.3 is 6.03 Å². The summed E-state index contributed by atoms with van der Waals surface area (Å²) in [5.74, 6) is 0.705. The van der Waals surface area contributed by atoms with Gasteiger partial charge in [-0.25, -0.2) is 4.79 Å². The summed E-state index contributed by atoms with van der Waals surface area (Å²) in [5.41, 5.74) is 2.62. The highest BCUT2D eigenvalue weighted by molar-refractivity contribution is 5.94. The summed E-state index contributed by atoms with van der Waals surface area (Å²) in [4.78, 5) is 14.4. The van der Waals surface area contributed by atoms with E-state index in [9.17, 15) is 9.90 Å². The molecule has 6 nitrogen and oxygen atoms in total. The van der Waals surface area contributed by atoms with Gasteiger partial charge in [-0.2, -0.15) is 0 Å². The van der Waals surface area contributed by atoms with Crippen LogP contribution in [0.1, 0.15) is 0 Å². The molecule has 0 radical (unpaired) electrons. The molecule has 1 atom stereocenters. The van der Waals surface area contributed by atoms with Gasteiger partial charge in [0.15, 0.2) is 0 Å². The highest BCUT2D eigenvalue weighted by Crippen LogP contribution is 2.30. The van der Waals surface area contributed by atoms with Crippen LogP contribution < -0.4 is 10.1 Å². The van der Waals surface area contributed by atoms with Crippen molar-refractivity contribution in [1.29, 1.82) is 0 Å². The van der Waals surface area contributed by atoms with E-state index in [-0.39, 0.29) is 18.6 Å². The number of urea groups is 1. The second kappa shape index (κ2) is 8.69. The third kappa shape index (κ3) is 4.33. The molecular formula is C20H24N2O4. The van der Waals surface area contributed by atoms with E-state index in [1.165, 1.54) is 0 Å². The molecule has 1 fully saturated rings. The van der Waals surface area contributed by atoms with Gasteiger partial charge in [-0.1, -0.05) is 30.3 Å². The van der Waals surface area contributed by atoms with Gasteiger partial charge in [0, 0.05) is 31.2 Å². The van der Waals surface area contributed by atoms with Crippen LogP contribution in [0.3, 0.4) is 0 Å². The van der Waals surface area contributed by atoms with E-state index in [0.29, 0.717) is 26.3 Å². The van der Waals surface area contributed by atoms with Crippen LogP contribution in [-0.2, 0) is 4.74 Å². The van der Waals surface area contributed by atoms with Gasteiger partial charge in [0.05, 0.1) is 26.0 Å². The number of carbonyl (C=O) groups excluding carboxylic acids is 1. The molecule has 1 saturated heterocycles. The largest absolute Gasteiger partial charge is 0.497 e. The van der Waals surface area contributed by atoms with E-state index in [1.807, 2.05) is 48.5 Å². The summed E-state index contributed by atoms with van der Waals surface area (Å²) in [5, 5.41) is 12.4. The van der Waals surface area contributed by atoms with Gasteiger partial charge in [-0.3, -0.25) is 0 Å². The van der Waals surface area contributed by atoms with Crippen molar-refractivity contribution in [1.82, 2.24) is 4.90 Å². The van der Waals surface area contributed by atoms with E-state index in [2.05, 4.69) is 5.32 Å². The number of hydrogen-bond donors (Lipinski definition) is 2. The first-order valence-corrected chi connectivity index (χ1v) is 8.69. The van der Waals surface area contributed by atoms with Crippen molar-refractivity contribution < 1.29 is 19.4 Å². The lowest BCUT2D eigenvalue weighted by atomic mass is 10.0. The number of methoxy groups -OCH3 is 1. The van der Waals surface area contributed by atoms with Crippen molar-refractivity contribution in [3.63, 3.8) is 0 Å². The van der Waals surface area contributed by atoms with E-state index in [1.54, 1.807) is 12.0 Å². The van der Waals surface area contributed by atoms with Crippen molar-refractivity contribution >= 4 is 11.7 Å². The number of nitrogens with zero attached hydrogens (tertiary/aromatic N) is 1. The molecule has 2 amide bonds.